The summed E-state index contributed by atoms with van der Waals surface area (Å²) in [6.07, 6.45) is 0.236. The largest absolute Gasteiger partial charge is 0.321 e. The summed E-state index contributed by atoms with van der Waals surface area (Å²) in [5.41, 5.74) is 4.70. The van der Waals surface area contributed by atoms with Gasteiger partial charge in [-0.3, -0.25) is 4.57 Å². The summed E-state index contributed by atoms with van der Waals surface area (Å²) in [6, 6.07) is 0. The summed E-state index contributed by atoms with van der Waals surface area (Å²) in [5, 5.41) is 0. The molecule has 0 aromatic carbocycles. The van der Waals surface area contributed by atoms with E-state index in [9.17, 15) is 0 Å². The van der Waals surface area contributed by atoms with E-state index in [1.807, 2.05) is 0 Å². The van der Waals surface area contributed by atoms with Crippen LogP contribution in [0.5, 0.6) is 0 Å². The summed E-state index contributed by atoms with van der Waals surface area (Å²) >= 11 is 0. The molecule has 0 aliphatic carbocycles. The van der Waals surface area contributed by atoms with E-state index in [1.54, 1.807) is 0 Å². The highest BCUT2D eigenvalue weighted by molar-refractivity contribution is 7.23. The van der Waals surface area contributed by atoms with Gasteiger partial charge in [0, 0.05) is 0 Å². The molecule has 24 valence electrons. The maximum Gasteiger partial charge on any atom is 0.170 e. The topological polar surface area (TPSA) is 43.1 Å². The van der Waals surface area contributed by atoms with E-state index in [1.165, 1.54) is 0 Å². The zero-order valence-corrected chi connectivity index (χ0v) is 3.03. The highest BCUT2D eigenvalue weighted by atomic mass is 31.1. The molecule has 0 aromatic rings. The van der Waals surface area contributed by atoms with Gasteiger partial charge < -0.3 is 5.73 Å². The first-order valence-electron chi connectivity index (χ1n) is 0.907. The zero-order valence-electron chi connectivity index (χ0n) is 2.14. The van der Waals surface area contributed by atoms with Crippen molar-refractivity contribution < 1.29 is 4.57 Å². The fraction of sp³-hybridized carbons (Fsp3) is 1.00. The fourth-order valence-corrected chi connectivity index (χ4v) is 0. The van der Waals surface area contributed by atoms with Crippen LogP contribution < -0.4 is 5.73 Å². The Morgan fingerprint density at radius 2 is 2.25 bits per heavy atom. The number of nitrogens with two attached hydrogens (primary N) is 1. The van der Waals surface area contributed by atoms with Gasteiger partial charge in [0.25, 0.3) is 0 Å². The Morgan fingerprint density at radius 3 is 2.25 bits per heavy atom. The first-order valence-corrected chi connectivity index (χ1v) is 1.90. The molecular formula is CH4NOP. The highest BCUT2D eigenvalue weighted by Crippen LogP contribution is 1.75. The van der Waals surface area contributed by atoms with Crippen molar-refractivity contribution in [3.63, 3.8) is 0 Å². The second-order valence-electron chi connectivity index (χ2n) is 0.312. The lowest BCUT2D eigenvalue weighted by molar-refractivity contribution is 0.599. The van der Waals surface area contributed by atoms with E-state index in [4.69, 9.17) is 10.3 Å². The first-order chi connectivity index (χ1) is 1.91. The van der Waals surface area contributed by atoms with Crippen LogP contribution in [0.4, 0.5) is 0 Å². The van der Waals surface area contributed by atoms with Gasteiger partial charge >= 0.3 is 0 Å². The number of hydrogen-bond donors (Lipinski definition) is 1. The second-order valence-corrected chi connectivity index (χ2v) is 0.935. The molecule has 2 nitrogen and oxygen atoms in total. The standard InChI is InChI=1S/CH4NOP/c2-1-4-3/h1-2H2. The van der Waals surface area contributed by atoms with Gasteiger partial charge in [-0.05, 0) is 0 Å². The van der Waals surface area contributed by atoms with Crippen molar-refractivity contribution in [1.29, 1.82) is 0 Å². The molecule has 4 heavy (non-hydrogen) atoms. The lowest BCUT2D eigenvalue weighted by Crippen LogP contribution is -1.84. The average Bonchev–Trinajstić information content (AvgIpc) is 1.37. The van der Waals surface area contributed by atoms with E-state index in [0.717, 1.165) is 0 Å². The molecule has 0 aliphatic rings. The summed E-state index contributed by atoms with van der Waals surface area (Å²) in [4.78, 5) is 0. The van der Waals surface area contributed by atoms with Gasteiger partial charge in [0.15, 0.2) is 8.46 Å². The number of rotatable bonds is 1. The van der Waals surface area contributed by atoms with Crippen molar-refractivity contribution >= 4 is 8.46 Å². The van der Waals surface area contributed by atoms with Crippen molar-refractivity contribution in [2.45, 2.75) is 0 Å². The summed E-state index contributed by atoms with van der Waals surface area (Å²) in [5.74, 6) is 0. The lowest BCUT2D eigenvalue weighted by atomic mass is 11.6. The molecule has 0 radical (unpaired) electrons. The normalized spacial score (nSPS) is 8.25. The van der Waals surface area contributed by atoms with Gasteiger partial charge in [-0.25, -0.2) is 0 Å². The molecule has 0 aliphatic heterocycles. The third-order valence-corrected chi connectivity index (χ3v) is 0.224. The minimum absolute atomic E-state index is 0.0262. The van der Waals surface area contributed by atoms with Crippen LogP contribution in [0.2, 0.25) is 0 Å². The van der Waals surface area contributed by atoms with Gasteiger partial charge in [-0.1, -0.05) is 0 Å². The third kappa shape index (κ3) is 2.06. The van der Waals surface area contributed by atoms with Crippen molar-refractivity contribution in [2.24, 2.45) is 5.73 Å². The highest BCUT2D eigenvalue weighted by Gasteiger charge is 1.53. The van der Waals surface area contributed by atoms with Crippen LogP contribution in [0, 0.1) is 0 Å². The monoisotopic (exact) mass is 77.0 g/mol. The molecule has 0 fully saturated rings. The van der Waals surface area contributed by atoms with Crippen molar-refractivity contribution in [2.75, 3.05) is 6.29 Å². The Hall–Kier alpha value is 0.0600. The van der Waals surface area contributed by atoms with Crippen LogP contribution in [0.1, 0.15) is 0 Å². The number of hydrogen-bond acceptors (Lipinski definition) is 2. The van der Waals surface area contributed by atoms with Crippen LogP contribution >= 0.6 is 8.46 Å². The van der Waals surface area contributed by atoms with Crippen LogP contribution in [-0.4, -0.2) is 6.29 Å². The molecule has 0 aromatic heterocycles. The molecule has 0 amide bonds. The Labute approximate surface area is 26.2 Å². The van der Waals surface area contributed by atoms with Crippen molar-refractivity contribution in [3.8, 4) is 0 Å². The zero-order chi connectivity index (χ0) is 3.41. The molecule has 3 heteroatoms. The molecule has 0 atom stereocenters. The molecule has 0 bridgehead atoms. The van der Waals surface area contributed by atoms with Gasteiger partial charge in [0.2, 0.25) is 0 Å². The van der Waals surface area contributed by atoms with Crippen LogP contribution in [0.15, 0.2) is 0 Å². The predicted octanol–water partition coefficient (Wildman–Crippen LogP) is 0.194. The van der Waals surface area contributed by atoms with E-state index < -0.39 is 0 Å². The van der Waals surface area contributed by atoms with Gasteiger partial charge in [-0.15, -0.1) is 0 Å². The molecule has 0 saturated heterocycles. The summed E-state index contributed by atoms with van der Waals surface area (Å²) in [6.45, 7) is 0. The molecule has 0 spiro atoms. The lowest BCUT2D eigenvalue weighted by Gasteiger charge is -1.53. The Bertz CT molecular complexity index is 22.0. The van der Waals surface area contributed by atoms with Crippen LogP contribution in [0.3, 0.4) is 0 Å². The second kappa shape index (κ2) is 3.06. The average molecular weight is 77.0 g/mol. The summed E-state index contributed by atoms with van der Waals surface area (Å²) in [7, 11) is 0.0262. The molecular weight excluding hydrogens is 73.0 g/mol. The maximum absolute atomic E-state index is 9.15. The van der Waals surface area contributed by atoms with E-state index in [0.29, 0.717) is 0 Å². The predicted molar refractivity (Wildman–Crippen MR) is 16.7 cm³/mol. The Morgan fingerprint density at radius 1 is 2.00 bits per heavy atom. The van der Waals surface area contributed by atoms with E-state index >= 15 is 0 Å². The Balaban J connectivity index is 2.30. The van der Waals surface area contributed by atoms with Crippen molar-refractivity contribution in [3.05, 3.63) is 0 Å². The van der Waals surface area contributed by atoms with Gasteiger partial charge in [-0.2, -0.15) is 0 Å². The summed E-state index contributed by atoms with van der Waals surface area (Å²) < 4.78 is 9.15. The minimum atomic E-state index is 0.0262. The molecule has 0 rings (SSSR count). The van der Waals surface area contributed by atoms with Crippen molar-refractivity contribution in [1.82, 2.24) is 0 Å². The van der Waals surface area contributed by atoms with Crippen LogP contribution in [-0.2, 0) is 4.57 Å². The molecule has 0 unspecified atom stereocenters. The third-order valence-electron chi connectivity index (χ3n) is 0.0745. The SMILES string of the molecule is NCP=O. The minimum Gasteiger partial charge on any atom is -0.321 e. The van der Waals surface area contributed by atoms with Crippen LogP contribution in [0.25, 0.3) is 0 Å². The van der Waals surface area contributed by atoms with E-state index in [2.05, 4.69) is 0 Å². The maximum atomic E-state index is 9.15. The Kier molecular flexibility index (Phi) is 3.11. The molecule has 0 saturated carbocycles. The quantitative estimate of drug-likeness (QED) is 0.454. The first kappa shape index (κ1) is 4.06. The molecule has 0 heterocycles. The van der Waals surface area contributed by atoms with E-state index in [-0.39, 0.29) is 14.7 Å². The van der Waals surface area contributed by atoms with Gasteiger partial charge in [0.05, 0.1) is 6.29 Å². The smallest absolute Gasteiger partial charge is 0.170 e. The fourth-order valence-electron chi connectivity index (χ4n) is 0. The molecule has 2 N–H and O–H groups in total. The van der Waals surface area contributed by atoms with Gasteiger partial charge in [0.1, 0.15) is 0 Å².